The largest absolute Gasteiger partial charge is 0.488 e. The number of alkyl halides is 3. The van der Waals surface area contributed by atoms with Gasteiger partial charge in [0.1, 0.15) is 12.4 Å². The van der Waals surface area contributed by atoms with Gasteiger partial charge in [-0.2, -0.15) is 18.2 Å². The van der Waals surface area contributed by atoms with E-state index >= 15 is 0 Å². The van der Waals surface area contributed by atoms with E-state index in [-0.39, 0.29) is 18.0 Å². The molecule has 0 spiro atoms. The second-order valence-corrected chi connectivity index (χ2v) is 5.91. The average Bonchev–Trinajstić information content (AvgIpc) is 2.64. The summed E-state index contributed by atoms with van der Waals surface area (Å²) in [6.45, 7) is 3.24. The van der Waals surface area contributed by atoms with E-state index in [0.717, 1.165) is 6.07 Å². The van der Waals surface area contributed by atoms with Crippen LogP contribution in [0.4, 0.5) is 23.7 Å². The Balaban J connectivity index is 2.36. The number of benzene rings is 2. The standard InChI is InChI=1S/C19H21F3N2O3/c1-4-13-8-9-17(15(10-13)19(20,21)22)27-11-14-12(2)6-5-7-16(14)24(26)18(25)23-3/h5-10,26H,4,11H2,1-3H3,(H,23,25). The molecule has 2 amide bonds. The Hall–Kier alpha value is -2.74. The predicted molar refractivity (Wildman–Crippen MR) is 95.1 cm³/mol. The van der Waals surface area contributed by atoms with Gasteiger partial charge in [-0.3, -0.25) is 5.21 Å². The maximum atomic E-state index is 13.3. The number of rotatable bonds is 5. The molecule has 0 aromatic heterocycles. The lowest BCUT2D eigenvalue weighted by molar-refractivity contribution is -0.139. The third-order valence-corrected chi connectivity index (χ3v) is 4.15. The van der Waals surface area contributed by atoms with Crippen LogP contribution >= 0.6 is 0 Å². The Kier molecular flexibility index (Phi) is 6.32. The van der Waals surface area contributed by atoms with Gasteiger partial charge in [-0.25, -0.2) is 4.79 Å². The van der Waals surface area contributed by atoms with Gasteiger partial charge in [-0.1, -0.05) is 25.1 Å². The number of nitrogens with zero attached hydrogens (tertiary/aromatic N) is 1. The van der Waals surface area contributed by atoms with Crippen LogP contribution in [0.5, 0.6) is 5.75 Å². The van der Waals surface area contributed by atoms with Gasteiger partial charge in [0.15, 0.2) is 0 Å². The maximum Gasteiger partial charge on any atom is 0.419 e. The quantitative estimate of drug-likeness (QED) is 0.583. The number of hydrogen-bond acceptors (Lipinski definition) is 3. The number of ether oxygens (including phenoxy) is 1. The maximum absolute atomic E-state index is 13.3. The molecule has 2 N–H and O–H groups in total. The summed E-state index contributed by atoms with van der Waals surface area (Å²) >= 11 is 0. The van der Waals surface area contributed by atoms with Gasteiger partial charge >= 0.3 is 12.2 Å². The van der Waals surface area contributed by atoms with Crippen molar-refractivity contribution < 1.29 is 27.9 Å². The topological polar surface area (TPSA) is 61.8 Å². The summed E-state index contributed by atoms with van der Waals surface area (Å²) < 4.78 is 45.5. The fourth-order valence-electron chi connectivity index (χ4n) is 2.58. The molecule has 0 aliphatic carbocycles. The number of hydrogen-bond donors (Lipinski definition) is 2. The van der Waals surface area contributed by atoms with Gasteiger partial charge in [0.05, 0.1) is 11.3 Å². The van der Waals surface area contributed by atoms with E-state index in [0.29, 0.717) is 28.2 Å². The van der Waals surface area contributed by atoms with Crippen LogP contribution in [-0.2, 0) is 19.2 Å². The van der Waals surface area contributed by atoms with Crippen LogP contribution < -0.4 is 15.1 Å². The minimum absolute atomic E-state index is 0.132. The number of carbonyl (C=O) groups excluding carboxylic acids is 1. The fourth-order valence-corrected chi connectivity index (χ4v) is 2.58. The number of anilines is 1. The molecule has 0 fully saturated rings. The molecule has 0 aliphatic heterocycles. The zero-order valence-corrected chi connectivity index (χ0v) is 15.2. The molecule has 0 aliphatic rings. The van der Waals surface area contributed by atoms with Gasteiger partial charge in [0.2, 0.25) is 0 Å². The Labute approximate surface area is 155 Å². The second kappa shape index (κ2) is 8.30. The summed E-state index contributed by atoms with van der Waals surface area (Å²) in [4.78, 5) is 11.7. The highest BCUT2D eigenvalue weighted by Gasteiger charge is 2.34. The van der Waals surface area contributed by atoms with Crippen molar-refractivity contribution in [2.24, 2.45) is 0 Å². The highest BCUT2D eigenvalue weighted by molar-refractivity contribution is 5.90. The molecule has 0 saturated heterocycles. The van der Waals surface area contributed by atoms with E-state index in [4.69, 9.17) is 4.74 Å². The minimum Gasteiger partial charge on any atom is -0.488 e. The number of carbonyl (C=O) groups is 1. The van der Waals surface area contributed by atoms with Crippen molar-refractivity contribution in [3.8, 4) is 5.75 Å². The van der Waals surface area contributed by atoms with Crippen molar-refractivity contribution in [1.29, 1.82) is 0 Å². The van der Waals surface area contributed by atoms with E-state index in [2.05, 4.69) is 5.32 Å². The molecule has 0 atom stereocenters. The third kappa shape index (κ3) is 4.71. The van der Waals surface area contributed by atoms with Crippen LogP contribution in [0.15, 0.2) is 36.4 Å². The molecule has 0 radical (unpaired) electrons. The molecule has 0 saturated carbocycles. The Morgan fingerprint density at radius 1 is 1.26 bits per heavy atom. The van der Waals surface area contributed by atoms with Gasteiger partial charge in [-0.05, 0) is 42.7 Å². The molecule has 2 aromatic carbocycles. The molecule has 5 nitrogen and oxygen atoms in total. The summed E-state index contributed by atoms with van der Waals surface area (Å²) in [5, 5.41) is 12.7. The summed E-state index contributed by atoms with van der Waals surface area (Å²) in [5.74, 6) is -0.307. The van der Waals surface area contributed by atoms with Crippen LogP contribution in [-0.4, -0.2) is 18.3 Å². The summed E-state index contributed by atoms with van der Waals surface area (Å²) in [5.41, 5.74) is 0.884. The monoisotopic (exact) mass is 382 g/mol. The Morgan fingerprint density at radius 3 is 2.56 bits per heavy atom. The zero-order valence-electron chi connectivity index (χ0n) is 15.2. The molecule has 0 heterocycles. The van der Waals surface area contributed by atoms with Crippen molar-refractivity contribution in [3.05, 3.63) is 58.7 Å². The highest BCUT2D eigenvalue weighted by Crippen LogP contribution is 2.37. The molecule has 0 unspecified atom stereocenters. The first-order valence-electron chi connectivity index (χ1n) is 8.31. The molecule has 2 aromatic rings. The Bertz CT molecular complexity index is 822. The van der Waals surface area contributed by atoms with Crippen molar-refractivity contribution in [3.63, 3.8) is 0 Å². The molecular weight excluding hydrogens is 361 g/mol. The van der Waals surface area contributed by atoms with E-state index in [1.165, 1.54) is 19.2 Å². The molecular formula is C19H21F3N2O3. The van der Waals surface area contributed by atoms with Gasteiger partial charge in [-0.15, -0.1) is 0 Å². The summed E-state index contributed by atoms with van der Waals surface area (Å²) in [6.07, 6.45) is -4.09. The molecule has 2 rings (SSSR count). The average molecular weight is 382 g/mol. The van der Waals surface area contributed by atoms with E-state index in [1.54, 1.807) is 32.0 Å². The zero-order chi connectivity index (χ0) is 20.2. The molecule has 8 heteroatoms. The second-order valence-electron chi connectivity index (χ2n) is 5.91. The van der Waals surface area contributed by atoms with E-state index in [9.17, 15) is 23.2 Å². The van der Waals surface area contributed by atoms with Crippen LogP contribution in [0.1, 0.15) is 29.2 Å². The minimum atomic E-state index is -4.56. The molecule has 0 bridgehead atoms. The Morgan fingerprint density at radius 2 is 1.96 bits per heavy atom. The fraction of sp³-hybridized carbons (Fsp3) is 0.316. The van der Waals surface area contributed by atoms with Crippen LogP contribution in [0.2, 0.25) is 0 Å². The van der Waals surface area contributed by atoms with E-state index in [1.807, 2.05) is 0 Å². The number of halogens is 3. The van der Waals surface area contributed by atoms with Crippen molar-refractivity contribution in [2.45, 2.75) is 33.1 Å². The van der Waals surface area contributed by atoms with Crippen molar-refractivity contribution in [1.82, 2.24) is 5.32 Å². The van der Waals surface area contributed by atoms with Crippen LogP contribution in [0.3, 0.4) is 0 Å². The first kappa shape index (κ1) is 20.6. The lowest BCUT2D eigenvalue weighted by Gasteiger charge is -2.21. The number of aryl methyl sites for hydroxylation is 2. The number of urea groups is 1. The first-order chi connectivity index (χ1) is 12.7. The molecule has 146 valence electrons. The third-order valence-electron chi connectivity index (χ3n) is 4.15. The first-order valence-corrected chi connectivity index (χ1v) is 8.31. The molecule has 27 heavy (non-hydrogen) atoms. The van der Waals surface area contributed by atoms with Gasteiger partial charge in [0.25, 0.3) is 0 Å². The predicted octanol–water partition coefficient (Wildman–Crippen LogP) is 4.69. The SMILES string of the molecule is CCc1ccc(OCc2c(C)cccc2N(O)C(=O)NC)c(C(F)(F)F)c1. The van der Waals surface area contributed by atoms with Crippen molar-refractivity contribution >= 4 is 11.7 Å². The normalized spacial score (nSPS) is 11.2. The number of amides is 2. The van der Waals surface area contributed by atoms with Gasteiger partial charge < -0.3 is 10.1 Å². The summed E-state index contributed by atoms with van der Waals surface area (Å²) in [7, 11) is 1.35. The highest BCUT2D eigenvalue weighted by atomic mass is 19.4. The lowest BCUT2D eigenvalue weighted by Crippen LogP contribution is -2.36. The van der Waals surface area contributed by atoms with Crippen molar-refractivity contribution in [2.75, 3.05) is 12.1 Å². The number of hydroxylamine groups is 1. The van der Waals surface area contributed by atoms with Gasteiger partial charge in [0, 0.05) is 12.6 Å². The van der Waals surface area contributed by atoms with Crippen LogP contribution in [0, 0.1) is 6.92 Å². The smallest absolute Gasteiger partial charge is 0.419 e. The van der Waals surface area contributed by atoms with E-state index < -0.39 is 17.8 Å². The summed E-state index contributed by atoms with van der Waals surface area (Å²) in [6, 6.07) is 7.97. The number of nitrogens with one attached hydrogen (secondary N) is 1. The van der Waals surface area contributed by atoms with Crippen LogP contribution in [0.25, 0.3) is 0 Å². The lowest BCUT2D eigenvalue weighted by atomic mass is 10.1.